The van der Waals surface area contributed by atoms with Gasteiger partial charge in [0.05, 0.1) is 19.1 Å². The number of hydrogen-bond donors (Lipinski definition) is 1. The molecule has 7 nitrogen and oxygen atoms in total. The number of sulfone groups is 1. The maximum absolute atomic E-state index is 11.2. The zero-order chi connectivity index (χ0) is 13.9. The average Bonchev–Trinajstić information content (AvgIpc) is 2.92. The highest BCUT2D eigenvalue weighted by Crippen LogP contribution is 2.24. The Morgan fingerprint density at radius 2 is 2.21 bits per heavy atom. The van der Waals surface area contributed by atoms with E-state index in [2.05, 4.69) is 22.4 Å². The van der Waals surface area contributed by atoms with E-state index in [-0.39, 0.29) is 23.5 Å². The van der Waals surface area contributed by atoms with E-state index in [1.807, 2.05) is 0 Å². The van der Waals surface area contributed by atoms with Crippen molar-refractivity contribution in [2.45, 2.75) is 31.1 Å². The van der Waals surface area contributed by atoms with E-state index in [0.717, 1.165) is 19.2 Å². The van der Waals surface area contributed by atoms with Crippen molar-refractivity contribution in [3.05, 3.63) is 11.7 Å². The van der Waals surface area contributed by atoms with Crippen molar-refractivity contribution >= 4 is 9.84 Å². The molecule has 108 valence electrons. The summed E-state index contributed by atoms with van der Waals surface area (Å²) in [5, 5.41) is 7.08. The van der Waals surface area contributed by atoms with Crippen LogP contribution in [0.4, 0.5) is 0 Å². The molecule has 1 fully saturated rings. The molecule has 2 atom stereocenters. The van der Waals surface area contributed by atoms with E-state index in [0.29, 0.717) is 19.1 Å². The van der Waals surface area contributed by atoms with Crippen LogP contribution in [0, 0.1) is 0 Å². The first-order valence-corrected chi connectivity index (χ1v) is 8.37. The highest BCUT2D eigenvalue weighted by Gasteiger charge is 2.33. The highest BCUT2D eigenvalue weighted by molar-refractivity contribution is 7.89. The molecule has 1 saturated heterocycles. The van der Waals surface area contributed by atoms with Crippen molar-refractivity contribution in [3.63, 3.8) is 0 Å². The van der Waals surface area contributed by atoms with Crippen molar-refractivity contribution in [3.8, 4) is 0 Å². The fourth-order valence-corrected chi connectivity index (χ4v) is 2.63. The van der Waals surface area contributed by atoms with Gasteiger partial charge in [-0.2, -0.15) is 4.98 Å². The monoisotopic (exact) mass is 289 g/mol. The summed E-state index contributed by atoms with van der Waals surface area (Å²) in [7, 11) is -3.15. The summed E-state index contributed by atoms with van der Waals surface area (Å²) < 4.78 is 32.9. The van der Waals surface area contributed by atoms with Crippen molar-refractivity contribution in [2.24, 2.45) is 0 Å². The minimum atomic E-state index is -3.15. The van der Waals surface area contributed by atoms with Crippen LogP contribution in [0.3, 0.4) is 0 Å². The number of nitrogens with zero attached hydrogens (tertiary/aromatic N) is 2. The molecule has 2 unspecified atom stereocenters. The number of rotatable bonds is 6. The first-order chi connectivity index (χ1) is 8.99. The Balaban J connectivity index is 2.05. The Bertz CT molecular complexity index is 514. The third kappa shape index (κ3) is 3.99. The first kappa shape index (κ1) is 14.4. The van der Waals surface area contributed by atoms with Crippen molar-refractivity contribution in [1.82, 2.24) is 15.5 Å². The summed E-state index contributed by atoms with van der Waals surface area (Å²) in [4.78, 5) is 4.16. The van der Waals surface area contributed by atoms with Gasteiger partial charge in [-0.25, -0.2) is 8.42 Å². The lowest BCUT2D eigenvalue weighted by atomic mass is 10.0. The number of hydrogen-bond acceptors (Lipinski definition) is 7. The molecule has 0 saturated carbocycles. The maximum Gasteiger partial charge on any atom is 0.233 e. The van der Waals surface area contributed by atoms with E-state index in [9.17, 15) is 8.42 Å². The van der Waals surface area contributed by atoms with Crippen LogP contribution >= 0.6 is 0 Å². The lowest BCUT2D eigenvalue weighted by Crippen LogP contribution is -2.35. The molecule has 2 rings (SSSR count). The first-order valence-electron chi connectivity index (χ1n) is 6.31. The summed E-state index contributed by atoms with van der Waals surface area (Å²) in [6, 6.07) is 0.145. The predicted molar refractivity (Wildman–Crippen MR) is 68.5 cm³/mol. The molecule has 1 N–H and O–H groups in total. The zero-order valence-electron chi connectivity index (χ0n) is 11.1. The molecule has 2 heterocycles. The molecule has 1 aromatic heterocycles. The summed E-state index contributed by atoms with van der Waals surface area (Å²) >= 11 is 0. The van der Waals surface area contributed by atoms with Gasteiger partial charge in [0.1, 0.15) is 5.75 Å². The quantitative estimate of drug-likeness (QED) is 0.793. The van der Waals surface area contributed by atoms with Crippen LogP contribution in [-0.4, -0.2) is 50.6 Å². The predicted octanol–water partition coefficient (Wildman–Crippen LogP) is 0.0962. The molecule has 19 heavy (non-hydrogen) atoms. The Morgan fingerprint density at radius 3 is 2.89 bits per heavy atom. The Morgan fingerprint density at radius 1 is 1.42 bits per heavy atom. The van der Waals surface area contributed by atoms with Crippen molar-refractivity contribution in [1.29, 1.82) is 0 Å². The van der Waals surface area contributed by atoms with Gasteiger partial charge < -0.3 is 14.6 Å². The molecule has 8 heteroatoms. The lowest BCUT2D eigenvalue weighted by molar-refractivity contribution is 0.184. The van der Waals surface area contributed by atoms with Crippen LogP contribution in [0.25, 0.3) is 0 Å². The van der Waals surface area contributed by atoms with Gasteiger partial charge >= 0.3 is 0 Å². The molecule has 0 spiro atoms. The molecule has 1 aliphatic rings. The van der Waals surface area contributed by atoms with E-state index in [4.69, 9.17) is 9.26 Å². The smallest absolute Gasteiger partial charge is 0.233 e. The van der Waals surface area contributed by atoms with Gasteiger partial charge in [-0.1, -0.05) is 12.1 Å². The average molecular weight is 289 g/mol. The van der Waals surface area contributed by atoms with Gasteiger partial charge in [0.25, 0.3) is 0 Å². The zero-order valence-corrected chi connectivity index (χ0v) is 11.9. The topological polar surface area (TPSA) is 94.3 Å². The van der Waals surface area contributed by atoms with Crippen LogP contribution < -0.4 is 5.32 Å². The van der Waals surface area contributed by atoms with Crippen LogP contribution in [0.5, 0.6) is 0 Å². The molecule has 0 amide bonds. The second-order valence-corrected chi connectivity index (χ2v) is 6.96. The van der Waals surface area contributed by atoms with Gasteiger partial charge in [0.15, 0.2) is 15.7 Å². The molecular formula is C11H19N3O4S. The summed E-state index contributed by atoms with van der Waals surface area (Å²) in [6.07, 6.45) is 2.18. The van der Waals surface area contributed by atoms with Crippen LogP contribution in [0.2, 0.25) is 0 Å². The van der Waals surface area contributed by atoms with Crippen molar-refractivity contribution < 1.29 is 17.7 Å². The number of aromatic nitrogens is 2. The Kier molecular flexibility index (Phi) is 4.54. The van der Waals surface area contributed by atoms with Gasteiger partial charge in [0, 0.05) is 12.3 Å². The van der Waals surface area contributed by atoms with Crippen LogP contribution in [-0.2, 0) is 20.3 Å². The maximum atomic E-state index is 11.2. The SMILES string of the molecule is CCCNC1COCC1c1nc(CS(C)(=O)=O)no1. The molecule has 0 aromatic carbocycles. The van der Waals surface area contributed by atoms with Gasteiger partial charge in [-0.05, 0) is 13.0 Å². The molecule has 0 radical (unpaired) electrons. The summed E-state index contributed by atoms with van der Waals surface area (Å²) in [5.41, 5.74) is 0. The third-order valence-electron chi connectivity index (χ3n) is 2.93. The highest BCUT2D eigenvalue weighted by atomic mass is 32.2. The summed E-state index contributed by atoms with van der Waals surface area (Å²) in [5.74, 6) is 0.452. The molecular weight excluding hydrogens is 270 g/mol. The van der Waals surface area contributed by atoms with Gasteiger partial charge in [-0.15, -0.1) is 0 Å². The fourth-order valence-electron chi connectivity index (χ4n) is 2.04. The summed E-state index contributed by atoms with van der Waals surface area (Å²) in [6.45, 7) is 4.11. The second kappa shape index (κ2) is 5.98. The molecule has 0 bridgehead atoms. The van der Waals surface area contributed by atoms with Crippen LogP contribution in [0.15, 0.2) is 4.52 Å². The number of nitrogens with one attached hydrogen (secondary N) is 1. The molecule has 0 aliphatic carbocycles. The third-order valence-corrected chi connectivity index (χ3v) is 3.71. The fraction of sp³-hybridized carbons (Fsp3) is 0.818. The lowest BCUT2D eigenvalue weighted by Gasteiger charge is -2.14. The van der Waals surface area contributed by atoms with Gasteiger partial charge in [0.2, 0.25) is 5.89 Å². The Labute approximate surface area is 112 Å². The van der Waals surface area contributed by atoms with E-state index in [1.54, 1.807) is 0 Å². The van der Waals surface area contributed by atoms with Crippen LogP contribution in [0.1, 0.15) is 31.0 Å². The van der Waals surface area contributed by atoms with Gasteiger partial charge in [-0.3, -0.25) is 0 Å². The minimum absolute atomic E-state index is 0.00707. The van der Waals surface area contributed by atoms with E-state index < -0.39 is 9.84 Å². The largest absolute Gasteiger partial charge is 0.379 e. The molecule has 1 aliphatic heterocycles. The normalized spacial score (nSPS) is 23.9. The standard InChI is InChI=1S/C11H19N3O4S/c1-3-4-12-9-6-17-5-8(9)11-13-10(14-18-11)7-19(2,15)16/h8-9,12H,3-7H2,1-2H3. The second-order valence-electron chi connectivity index (χ2n) is 4.82. The van der Waals surface area contributed by atoms with E-state index >= 15 is 0 Å². The Hall–Kier alpha value is -0.990. The van der Waals surface area contributed by atoms with E-state index in [1.165, 1.54) is 0 Å². The minimum Gasteiger partial charge on any atom is -0.379 e. The number of ether oxygens (including phenoxy) is 1. The molecule has 1 aromatic rings. The van der Waals surface area contributed by atoms with Crippen molar-refractivity contribution in [2.75, 3.05) is 26.0 Å².